The maximum Gasteiger partial charge on any atom is 0.192 e. The van der Waals surface area contributed by atoms with E-state index in [0.29, 0.717) is 13.1 Å². The normalized spacial score (nSPS) is 11.1. The van der Waals surface area contributed by atoms with Crippen molar-refractivity contribution >= 4 is 5.96 Å². The van der Waals surface area contributed by atoms with Crippen LogP contribution in [0.15, 0.2) is 9.52 Å². The molecule has 18 heavy (non-hydrogen) atoms. The lowest BCUT2D eigenvalue weighted by Crippen LogP contribution is -2.37. The first-order valence-electron chi connectivity index (χ1n) is 6.06. The second-order valence-corrected chi connectivity index (χ2v) is 3.87. The van der Waals surface area contributed by atoms with Gasteiger partial charge in [-0.25, -0.2) is 0 Å². The number of hydrogen-bond donors (Lipinski definition) is 2. The van der Waals surface area contributed by atoms with Gasteiger partial charge in [0.05, 0.1) is 12.2 Å². The fourth-order valence-corrected chi connectivity index (χ4v) is 1.61. The van der Waals surface area contributed by atoms with Gasteiger partial charge in [-0.05, 0) is 27.2 Å². The Morgan fingerprint density at radius 3 is 2.78 bits per heavy atom. The number of aliphatic imine (C=N–C) groups is 1. The summed E-state index contributed by atoms with van der Waals surface area (Å²) in [6.45, 7) is 7.82. The molecular weight excluding hydrogens is 228 g/mol. The Morgan fingerprint density at radius 2 is 2.22 bits per heavy atom. The predicted octanol–water partition coefficient (Wildman–Crippen LogP) is 1.02. The van der Waals surface area contributed by atoms with Gasteiger partial charge in [0.1, 0.15) is 5.76 Å². The fraction of sp³-hybridized carbons (Fsp3) is 0.538. The molecule has 98 valence electrons. The number of aryl methyl sites for hydroxylation is 2. The maximum absolute atomic E-state index is 5.20. The topological polar surface area (TPSA) is 62.5 Å². The van der Waals surface area contributed by atoms with Crippen molar-refractivity contribution in [1.29, 1.82) is 0 Å². The highest BCUT2D eigenvalue weighted by Gasteiger charge is 2.07. The average Bonchev–Trinajstić information content (AvgIpc) is 2.67. The number of guanidine groups is 1. The first kappa shape index (κ1) is 14.1. The van der Waals surface area contributed by atoms with Gasteiger partial charge in [0.15, 0.2) is 5.96 Å². The highest BCUT2D eigenvalue weighted by molar-refractivity contribution is 5.79. The Morgan fingerprint density at radius 1 is 1.44 bits per heavy atom. The minimum atomic E-state index is 0.469. The summed E-state index contributed by atoms with van der Waals surface area (Å²) in [5, 5.41) is 10.1. The smallest absolute Gasteiger partial charge is 0.192 e. The first-order valence-corrected chi connectivity index (χ1v) is 6.06. The zero-order valence-corrected chi connectivity index (χ0v) is 11.2. The number of terminal acetylenes is 1. The van der Waals surface area contributed by atoms with E-state index in [0.717, 1.165) is 35.9 Å². The van der Waals surface area contributed by atoms with Crippen LogP contribution in [0.2, 0.25) is 0 Å². The van der Waals surface area contributed by atoms with Gasteiger partial charge in [-0.15, -0.1) is 6.42 Å². The van der Waals surface area contributed by atoms with E-state index in [1.165, 1.54) is 0 Å². The van der Waals surface area contributed by atoms with Crippen LogP contribution in [0.25, 0.3) is 0 Å². The Kier molecular flexibility index (Phi) is 5.78. The molecular formula is C13H20N4O. The molecule has 1 heterocycles. The van der Waals surface area contributed by atoms with Crippen LogP contribution in [0.1, 0.15) is 23.9 Å². The van der Waals surface area contributed by atoms with E-state index < -0.39 is 0 Å². The van der Waals surface area contributed by atoms with Gasteiger partial charge >= 0.3 is 0 Å². The van der Waals surface area contributed by atoms with Crippen molar-refractivity contribution in [2.24, 2.45) is 4.99 Å². The van der Waals surface area contributed by atoms with Gasteiger partial charge in [0, 0.05) is 18.7 Å². The molecule has 5 nitrogen and oxygen atoms in total. The van der Waals surface area contributed by atoms with Crippen molar-refractivity contribution in [1.82, 2.24) is 15.8 Å². The molecule has 0 aliphatic carbocycles. The van der Waals surface area contributed by atoms with Gasteiger partial charge < -0.3 is 15.2 Å². The SMILES string of the molecule is C#CCNC(=NCCc1c(C)noc1C)NCC. The van der Waals surface area contributed by atoms with Crippen LogP contribution >= 0.6 is 0 Å². The number of nitrogens with zero attached hydrogens (tertiary/aromatic N) is 2. The monoisotopic (exact) mass is 248 g/mol. The van der Waals surface area contributed by atoms with Crippen molar-refractivity contribution in [3.63, 3.8) is 0 Å². The van der Waals surface area contributed by atoms with Crippen molar-refractivity contribution < 1.29 is 4.52 Å². The molecule has 2 N–H and O–H groups in total. The average molecular weight is 248 g/mol. The van der Waals surface area contributed by atoms with E-state index >= 15 is 0 Å². The highest BCUT2D eigenvalue weighted by atomic mass is 16.5. The molecule has 1 aromatic rings. The fourth-order valence-electron chi connectivity index (χ4n) is 1.61. The van der Waals surface area contributed by atoms with E-state index in [9.17, 15) is 0 Å². The van der Waals surface area contributed by atoms with Gasteiger partial charge in [-0.2, -0.15) is 0 Å². The third-order valence-electron chi connectivity index (χ3n) is 2.52. The summed E-state index contributed by atoms with van der Waals surface area (Å²) in [6.07, 6.45) is 6.02. The van der Waals surface area contributed by atoms with Crippen molar-refractivity contribution in [2.75, 3.05) is 19.6 Å². The van der Waals surface area contributed by atoms with Crippen LogP contribution in [0, 0.1) is 26.2 Å². The lowest BCUT2D eigenvalue weighted by molar-refractivity contribution is 0.392. The Labute approximate surface area is 108 Å². The van der Waals surface area contributed by atoms with Crippen LogP contribution in [-0.4, -0.2) is 30.8 Å². The zero-order chi connectivity index (χ0) is 13.4. The van der Waals surface area contributed by atoms with E-state index in [1.54, 1.807) is 0 Å². The minimum Gasteiger partial charge on any atom is -0.361 e. The summed E-state index contributed by atoms with van der Waals surface area (Å²) in [6, 6.07) is 0. The molecule has 0 aliphatic heterocycles. The molecule has 0 saturated carbocycles. The molecule has 5 heteroatoms. The van der Waals surface area contributed by atoms with E-state index in [1.807, 2.05) is 20.8 Å². The van der Waals surface area contributed by atoms with Crippen LogP contribution < -0.4 is 10.6 Å². The highest BCUT2D eigenvalue weighted by Crippen LogP contribution is 2.12. The maximum atomic E-state index is 5.20. The molecule has 0 saturated heterocycles. The Bertz CT molecular complexity index is 423. The zero-order valence-electron chi connectivity index (χ0n) is 11.2. The van der Waals surface area contributed by atoms with Gasteiger partial charge in [-0.1, -0.05) is 11.1 Å². The van der Waals surface area contributed by atoms with Crippen molar-refractivity contribution in [3.8, 4) is 12.3 Å². The lowest BCUT2D eigenvalue weighted by atomic mass is 10.1. The molecule has 1 rings (SSSR count). The summed E-state index contributed by atoms with van der Waals surface area (Å²) < 4.78 is 5.11. The number of nitrogens with one attached hydrogen (secondary N) is 2. The predicted molar refractivity (Wildman–Crippen MR) is 72.5 cm³/mol. The summed E-state index contributed by atoms with van der Waals surface area (Å²) in [5.41, 5.74) is 2.07. The first-order chi connectivity index (χ1) is 8.69. The standard InChI is InChI=1S/C13H20N4O/c1-5-8-15-13(14-6-2)16-9-7-12-10(3)17-18-11(12)4/h1H,6-9H2,2-4H3,(H2,14,15,16). The summed E-state index contributed by atoms with van der Waals surface area (Å²) in [4.78, 5) is 4.44. The number of rotatable bonds is 5. The third-order valence-corrected chi connectivity index (χ3v) is 2.52. The van der Waals surface area contributed by atoms with E-state index in [4.69, 9.17) is 10.9 Å². The number of aromatic nitrogens is 1. The Hall–Kier alpha value is -1.96. The van der Waals surface area contributed by atoms with Crippen LogP contribution in [-0.2, 0) is 6.42 Å². The van der Waals surface area contributed by atoms with Gasteiger partial charge in [0.25, 0.3) is 0 Å². The van der Waals surface area contributed by atoms with Gasteiger partial charge in [-0.3, -0.25) is 4.99 Å². The molecule has 0 spiro atoms. The van der Waals surface area contributed by atoms with Crippen molar-refractivity contribution in [2.45, 2.75) is 27.2 Å². The van der Waals surface area contributed by atoms with Gasteiger partial charge in [0.2, 0.25) is 0 Å². The second kappa shape index (κ2) is 7.38. The molecule has 0 radical (unpaired) electrons. The molecule has 0 amide bonds. The minimum absolute atomic E-state index is 0.469. The molecule has 0 aromatic carbocycles. The van der Waals surface area contributed by atoms with Crippen LogP contribution in [0.3, 0.4) is 0 Å². The molecule has 0 aliphatic rings. The second-order valence-electron chi connectivity index (χ2n) is 3.87. The quantitative estimate of drug-likeness (QED) is 0.464. The summed E-state index contributed by atoms with van der Waals surface area (Å²) in [7, 11) is 0. The molecule has 1 aromatic heterocycles. The van der Waals surface area contributed by atoms with Crippen LogP contribution in [0.4, 0.5) is 0 Å². The molecule has 0 bridgehead atoms. The molecule has 0 fully saturated rings. The Balaban J connectivity index is 2.53. The summed E-state index contributed by atoms with van der Waals surface area (Å²) in [5.74, 6) is 4.13. The number of hydrogen-bond acceptors (Lipinski definition) is 3. The van der Waals surface area contributed by atoms with E-state index in [-0.39, 0.29) is 0 Å². The lowest BCUT2D eigenvalue weighted by Gasteiger charge is -2.08. The summed E-state index contributed by atoms with van der Waals surface area (Å²) >= 11 is 0. The molecule has 0 unspecified atom stereocenters. The molecule has 0 atom stereocenters. The largest absolute Gasteiger partial charge is 0.361 e. The van der Waals surface area contributed by atoms with Crippen LogP contribution in [0.5, 0.6) is 0 Å². The third kappa shape index (κ3) is 4.13. The van der Waals surface area contributed by atoms with E-state index in [2.05, 4.69) is 26.7 Å². The van der Waals surface area contributed by atoms with Crippen molar-refractivity contribution in [3.05, 3.63) is 17.0 Å².